The highest BCUT2D eigenvalue weighted by Gasteiger charge is 2.29. The Hall–Kier alpha value is -1.24. The zero-order valence-corrected chi connectivity index (χ0v) is 17.4. The minimum atomic E-state index is 0.332. The van der Waals surface area contributed by atoms with E-state index in [9.17, 15) is 0 Å². The molecule has 0 saturated carbocycles. The van der Waals surface area contributed by atoms with Gasteiger partial charge in [0.05, 0.1) is 12.7 Å². The lowest BCUT2D eigenvalue weighted by Crippen LogP contribution is -2.43. The third-order valence-corrected chi connectivity index (χ3v) is 6.80. The maximum atomic E-state index is 6.04. The Labute approximate surface area is 167 Å². The standard InChI is InChI=1S/C21H33N3O2S/c1-21(9-4-12-27-21)16-24-20(22-2)23-14-17-5-3-6-18(13-17)15-26-19-7-10-25-11-8-19/h3,5-6,13,19H,4,7-12,14-16H2,1-2H3,(H2,22,23,24). The molecule has 0 aromatic heterocycles. The number of ether oxygens (including phenoxy) is 2. The molecule has 2 aliphatic heterocycles. The highest BCUT2D eigenvalue weighted by molar-refractivity contribution is 8.00. The summed E-state index contributed by atoms with van der Waals surface area (Å²) in [4.78, 5) is 4.36. The fourth-order valence-electron chi connectivity index (χ4n) is 3.54. The van der Waals surface area contributed by atoms with E-state index in [1.807, 2.05) is 7.05 Å². The van der Waals surface area contributed by atoms with Gasteiger partial charge in [-0.2, -0.15) is 11.8 Å². The van der Waals surface area contributed by atoms with Crippen molar-refractivity contribution in [3.63, 3.8) is 0 Å². The first-order valence-corrected chi connectivity index (χ1v) is 11.0. The maximum absolute atomic E-state index is 6.04. The second-order valence-corrected chi connectivity index (χ2v) is 9.31. The van der Waals surface area contributed by atoms with E-state index in [0.717, 1.165) is 45.1 Å². The van der Waals surface area contributed by atoms with Crippen molar-refractivity contribution in [2.24, 2.45) is 4.99 Å². The minimum Gasteiger partial charge on any atom is -0.381 e. The second kappa shape index (κ2) is 10.3. The third-order valence-electron chi connectivity index (χ3n) is 5.26. The summed E-state index contributed by atoms with van der Waals surface area (Å²) in [6.07, 6.45) is 4.92. The van der Waals surface area contributed by atoms with Crippen LogP contribution in [0.4, 0.5) is 0 Å². The number of guanidine groups is 1. The smallest absolute Gasteiger partial charge is 0.191 e. The topological polar surface area (TPSA) is 54.9 Å². The van der Waals surface area contributed by atoms with Crippen molar-refractivity contribution in [1.29, 1.82) is 0 Å². The summed E-state index contributed by atoms with van der Waals surface area (Å²) in [5, 5.41) is 6.92. The van der Waals surface area contributed by atoms with Gasteiger partial charge >= 0.3 is 0 Å². The molecule has 2 aliphatic rings. The van der Waals surface area contributed by atoms with Gasteiger partial charge in [-0.25, -0.2) is 0 Å². The zero-order valence-electron chi connectivity index (χ0n) is 16.6. The lowest BCUT2D eigenvalue weighted by atomic mass is 10.1. The van der Waals surface area contributed by atoms with Crippen LogP contribution >= 0.6 is 11.8 Å². The van der Waals surface area contributed by atoms with Crippen LogP contribution in [0.25, 0.3) is 0 Å². The Morgan fingerprint density at radius 1 is 1.30 bits per heavy atom. The van der Waals surface area contributed by atoms with Gasteiger partial charge in [0.2, 0.25) is 0 Å². The molecule has 0 aliphatic carbocycles. The van der Waals surface area contributed by atoms with E-state index in [0.29, 0.717) is 17.5 Å². The molecule has 27 heavy (non-hydrogen) atoms. The van der Waals surface area contributed by atoms with E-state index >= 15 is 0 Å². The van der Waals surface area contributed by atoms with Gasteiger partial charge < -0.3 is 20.1 Å². The predicted octanol–water partition coefficient (Wildman–Crippen LogP) is 3.33. The van der Waals surface area contributed by atoms with Crippen LogP contribution < -0.4 is 10.6 Å². The lowest BCUT2D eigenvalue weighted by Gasteiger charge is -2.24. The van der Waals surface area contributed by atoms with Gasteiger partial charge in [-0.1, -0.05) is 24.3 Å². The van der Waals surface area contributed by atoms with Gasteiger partial charge in [0.1, 0.15) is 0 Å². The Bertz CT molecular complexity index is 611. The maximum Gasteiger partial charge on any atom is 0.191 e. The van der Waals surface area contributed by atoms with Crippen LogP contribution in [0.3, 0.4) is 0 Å². The monoisotopic (exact) mass is 391 g/mol. The molecule has 2 heterocycles. The molecule has 6 heteroatoms. The van der Waals surface area contributed by atoms with Gasteiger partial charge in [-0.05, 0) is 49.5 Å². The van der Waals surface area contributed by atoms with Gasteiger partial charge in [0.25, 0.3) is 0 Å². The Kier molecular flexibility index (Phi) is 7.85. The zero-order chi connectivity index (χ0) is 19.0. The number of rotatable bonds is 7. The predicted molar refractivity (Wildman–Crippen MR) is 113 cm³/mol. The van der Waals surface area contributed by atoms with Gasteiger partial charge in [-0.3, -0.25) is 4.99 Å². The Balaban J connectivity index is 1.43. The second-order valence-electron chi connectivity index (χ2n) is 7.62. The number of nitrogens with zero attached hydrogens (tertiary/aromatic N) is 1. The summed E-state index contributed by atoms with van der Waals surface area (Å²) in [5.41, 5.74) is 2.46. The largest absolute Gasteiger partial charge is 0.381 e. The molecular weight excluding hydrogens is 358 g/mol. The quantitative estimate of drug-likeness (QED) is 0.552. The van der Waals surface area contributed by atoms with Crippen LogP contribution in [0.2, 0.25) is 0 Å². The molecule has 2 saturated heterocycles. The molecule has 0 amide bonds. The Morgan fingerprint density at radius 2 is 2.11 bits per heavy atom. The average Bonchev–Trinajstić information content (AvgIpc) is 3.14. The summed E-state index contributed by atoms with van der Waals surface area (Å²) in [6, 6.07) is 8.60. The van der Waals surface area contributed by atoms with Crippen molar-refractivity contribution in [2.45, 2.75) is 56.6 Å². The molecular formula is C21H33N3O2S. The number of aliphatic imine (C=N–C) groups is 1. The summed E-state index contributed by atoms with van der Waals surface area (Å²) in [6.45, 7) is 6.36. The first-order valence-electron chi connectivity index (χ1n) is 10.0. The molecule has 3 rings (SSSR count). The highest BCUT2D eigenvalue weighted by atomic mass is 32.2. The Morgan fingerprint density at radius 3 is 2.85 bits per heavy atom. The van der Waals surface area contributed by atoms with Crippen molar-refractivity contribution in [1.82, 2.24) is 10.6 Å². The van der Waals surface area contributed by atoms with Crippen molar-refractivity contribution < 1.29 is 9.47 Å². The van der Waals surface area contributed by atoms with E-state index in [-0.39, 0.29) is 0 Å². The molecule has 0 radical (unpaired) electrons. The molecule has 150 valence electrons. The highest BCUT2D eigenvalue weighted by Crippen LogP contribution is 2.36. The molecule has 2 fully saturated rings. The molecule has 2 N–H and O–H groups in total. The number of thioether (sulfide) groups is 1. The van der Waals surface area contributed by atoms with Crippen molar-refractivity contribution in [2.75, 3.05) is 32.6 Å². The number of benzene rings is 1. The van der Waals surface area contributed by atoms with Gasteiger partial charge in [0, 0.05) is 38.1 Å². The number of nitrogens with one attached hydrogen (secondary N) is 2. The first-order chi connectivity index (χ1) is 13.2. The van der Waals surface area contributed by atoms with E-state index in [4.69, 9.17) is 9.47 Å². The third kappa shape index (κ3) is 6.70. The molecule has 1 aromatic rings. The fourth-order valence-corrected chi connectivity index (χ4v) is 4.78. The summed E-state index contributed by atoms with van der Waals surface area (Å²) in [5.74, 6) is 2.14. The van der Waals surface area contributed by atoms with E-state index in [1.54, 1.807) is 0 Å². The fraction of sp³-hybridized carbons (Fsp3) is 0.667. The minimum absolute atomic E-state index is 0.332. The first kappa shape index (κ1) is 20.5. The molecule has 0 spiro atoms. The van der Waals surface area contributed by atoms with E-state index in [2.05, 4.69) is 58.6 Å². The van der Waals surface area contributed by atoms with E-state index in [1.165, 1.54) is 29.7 Å². The summed E-state index contributed by atoms with van der Waals surface area (Å²) >= 11 is 2.06. The summed E-state index contributed by atoms with van der Waals surface area (Å²) < 4.78 is 11.8. The van der Waals surface area contributed by atoms with Gasteiger partial charge in [-0.15, -0.1) is 0 Å². The van der Waals surface area contributed by atoms with Crippen LogP contribution in [0, 0.1) is 0 Å². The number of hydrogen-bond donors (Lipinski definition) is 2. The van der Waals surface area contributed by atoms with Crippen LogP contribution in [-0.4, -0.2) is 49.4 Å². The SMILES string of the molecule is CN=C(NCc1cccc(COC2CCOCC2)c1)NCC1(C)CCCS1. The van der Waals surface area contributed by atoms with Crippen molar-refractivity contribution in [3.8, 4) is 0 Å². The lowest BCUT2D eigenvalue weighted by molar-refractivity contribution is -0.0390. The van der Waals surface area contributed by atoms with Crippen LogP contribution in [0.15, 0.2) is 29.3 Å². The average molecular weight is 392 g/mol. The molecule has 1 atom stereocenters. The van der Waals surface area contributed by atoms with Crippen LogP contribution in [-0.2, 0) is 22.6 Å². The van der Waals surface area contributed by atoms with Gasteiger partial charge in [0.15, 0.2) is 5.96 Å². The van der Waals surface area contributed by atoms with Crippen molar-refractivity contribution in [3.05, 3.63) is 35.4 Å². The molecule has 1 unspecified atom stereocenters. The van der Waals surface area contributed by atoms with Crippen molar-refractivity contribution >= 4 is 17.7 Å². The summed E-state index contributed by atoms with van der Waals surface area (Å²) in [7, 11) is 1.83. The van der Waals surface area contributed by atoms with E-state index < -0.39 is 0 Å². The molecule has 5 nitrogen and oxygen atoms in total. The van der Waals surface area contributed by atoms with Crippen LogP contribution in [0.5, 0.6) is 0 Å². The molecule has 0 bridgehead atoms. The van der Waals surface area contributed by atoms with Crippen LogP contribution in [0.1, 0.15) is 43.7 Å². The number of hydrogen-bond acceptors (Lipinski definition) is 4. The normalized spacial score (nSPS) is 24.1. The molecule has 1 aromatic carbocycles.